The molecule has 0 unspecified atom stereocenters. The maximum absolute atomic E-state index is 2.67. The van der Waals surface area contributed by atoms with Crippen molar-refractivity contribution in [1.29, 1.82) is 0 Å². The van der Waals surface area contributed by atoms with Crippen molar-refractivity contribution in [3.63, 3.8) is 0 Å². The lowest BCUT2D eigenvalue weighted by Crippen LogP contribution is -2.40. The molecule has 1 aliphatic rings. The molecule has 2 heteroatoms. The number of benzene rings is 5. The van der Waals surface area contributed by atoms with Gasteiger partial charge in [0, 0.05) is 22.1 Å². The van der Waals surface area contributed by atoms with E-state index in [4.69, 9.17) is 0 Å². The largest absolute Gasteiger partial charge is 0.345 e. The SMILES string of the molecule is CC(C)c1cccc(C(C)C)c1N1[C](c2ccc3c(c2)c2ccccc2n3-c2ccccc2)c2ccccc2C1(C)C. The Bertz CT molecular complexity index is 1900. The Morgan fingerprint density at radius 2 is 1.19 bits per heavy atom. The monoisotopic (exact) mass is 547 g/mol. The molecule has 0 spiro atoms. The summed E-state index contributed by atoms with van der Waals surface area (Å²) in [5, 5.41) is 2.56. The predicted molar refractivity (Wildman–Crippen MR) is 179 cm³/mol. The van der Waals surface area contributed by atoms with E-state index >= 15 is 0 Å². The van der Waals surface area contributed by atoms with Gasteiger partial charge in [-0.1, -0.05) is 113 Å². The number of fused-ring (bicyclic) bond motifs is 4. The summed E-state index contributed by atoms with van der Waals surface area (Å²) in [6, 6.07) is 43.8. The standard InChI is InChI=1S/C40H39N2/c1-26(2)30-19-14-20-31(27(3)4)39(30)42-38(33-18-10-12-21-35(33)40(42,5)6)28-23-24-37-34(25-28)32-17-11-13-22-36(32)41(37)29-15-8-7-9-16-29/h7-27H,1-6H3. The fraction of sp³-hybridized carbons (Fsp3) is 0.225. The number of nitrogens with zero attached hydrogens (tertiary/aromatic N) is 2. The molecule has 0 aliphatic carbocycles. The number of para-hydroxylation sites is 3. The molecule has 7 rings (SSSR count). The van der Waals surface area contributed by atoms with Crippen LogP contribution in [-0.2, 0) is 5.54 Å². The second kappa shape index (κ2) is 9.91. The van der Waals surface area contributed by atoms with E-state index in [1.54, 1.807) is 0 Å². The second-order valence-corrected chi connectivity index (χ2v) is 12.8. The zero-order chi connectivity index (χ0) is 29.2. The van der Waals surface area contributed by atoms with Gasteiger partial charge in [0.2, 0.25) is 0 Å². The predicted octanol–water partition coefficient (Wildman–Crippen LogP) is 10.7. The van der Waals surface area contributed by atoms with E-state index in [1.807, 2.05) is 0 Å². The lowest BCUT2D eigenvalue weighted by molar-refractivity contribution is 0.529. The van der Waals surface area contributed by atoms with E-state index < -0.39 is 0 Å². The van der Waals surface area contributed by atoms with E-state index in [-0.39, 0.29) is 5.54 Å². The van der Waals surface area contributed by atoms with Gasteiger partial charge in [-0.25, -0.2) is 0 Å². The third-order valence-corrected chi connectivity index (χ3v) is 9.15. The van der Waals surface area contributed by atoms with E-state index in [0.717, 1.165) is 0 Å². The lowest BCUT2D eigenvalue weighted by atomic mass is 9.88. The van der Waals surface area contributed by atoms with Gasteiger partial charge in [0.05, 0.1) is 16.6 Å². The van der Waals surface area contributed by atoms with Crippen LogP contribution in [0.15, 0.2) is 115 Å². The summed E-state index contributed by atoms with van der Waals surface area (Å²) >= 11 is 0. The number of anilines is 1. The van der Waals surface area contributed by atoms with Crippen molar-refractivity contribution in [2.75, 3.05) is 4.90 Å². The Labute approximate surface area is 250 Å². The molecule has 2 heterocycles. The number of aromatic nitrogens is 1. The highest BCUT2D eigenvalue weighted by Gasteiger charge is 2.47. The summed E-state index contributed by atoms with van der Waals surface area (Å²) in [5.74, 6) is 0.816. The van der Waals surface area contributed by atoms with Gasteiger partial charge in [0.1, 0.15) is 6.04 Å². The molecule has 2 nitrogen and oxygen atoms in total. The van der Waals surface area contributed by atoms with Crippen LogP contribution in [0.5, 0.6) is 0 Å². The van der Waals surface area contributed by atoms with Gasteiger partial charge in [-0.3, -0.25) is 0 Å². The third kappa shape index (κ3) is 3.92. The van der Waals surface area contributed by atoms with Crippen molar-refractivity contribution in [3.8, 4) is 5.69 Å². The first-order valence-corrected chi connectivity index (χ1v) is 15.3. The Morgan fingerprint density at radius 3 is 1.90 bits per heavy atom. The van der Waals surface area contributed by atoms with Crippen LogP contribution in [0.2, 0.25) is 0 Å². The van der Waals surface area contributed by atoms with Crippen LogP contribution in [0.3, 0.4) is 0 Å². The first-order chi connectivity index (χ1) is 20.3. The average molecular weight is 548 g/mol. The average Bonchev–Trinajstić information content (AvgIpc) is 3.45. The van der Waals surface area contributed by atoms with Crippen LogP contribution in [0.25, 0.3) is 27.5 Å². The molecule has 5 aromatic carbocycles. The summed E-state index contributed by atoms with van der Waals surface area (Å²) in [6.45, 7) is 14.1. The van der Waals surface area contributed by atoms with Gasteiger partial charge in [0.25, 0.3) is 0 Å². The van der Waals surface area contributed by atoms with Crippen LogP contribution in [0.4, 0.5) is 5.69 Å². The fourth-order valence-electron chi connectivity index (χ4n) is 7.16. The molecule has 0 bridgehead atoms. The quantitative estimate of drug-likeness (QED) is 0.208. The highest BCUT2D eigenvalue weighted by molar-refractivity contribution is 6.09. The maximum Gasteiger partial charge on any atom is 0.124 e. The summed E-state index contributed by atoms with van der Waals surface area (Å²) in [4.78, 5) is 2.67. The molecular weight excluding hydrogens is 508 g/mol. The first-order valence-electron chi connectivity index (χ1n) is 15.3. The van der Waals surface area contributed by atoms with Crippen molar-refractivity contribution < 1.29 is 0 Å². The molecule has 0 saturated heterocycles. The van der Waals surface area contributed by atoms with Crippen LogP contribution < -0.4 is 4.90 Å². The molecule has 42 heavy (non-hydrogen) atoms. The van der Waals surface area contributed by atoms with Gasteiger partial charge >= 0.3 is 0 Å². The molecule has 0 amide bonds. The first kappa shape index (κ1) is 26.6. The Hall–Kier alpha value is -4.30. The van der Waals surface area contributed by atoms with Gasteiger partial charge < -0.3 is 9.47 Å². The topological polar surface area (TPSA) is 8.17 Å². The van der Waals surface area contributed by atoms with E-state index in [2.05, 4.69) is 166 Å². The van der Waals surface area contributed by atoms with Crippen molar-refractivity contribution in [1.82, 2.24) is 4.57 Å². The van der Waals surface area contributed by atoms with Crippen molar-refractivity contribution >= 4 is 27.5 Å². The molecule has 6 aromatic rings. The molecule has 1 aromatic heterocycles. The fourth-order valence-corrected chi connectivity index (χ4v) is 7.16. The van der Waals surface area contributed by atoms with E-state index in [0.29, 0.717) is 11.8 Å². The molecule has 0 atom stereocenters. The summed E-state index contributed by atoms with van der Waals surface area (Å²) in [6.07, 6.45) is 0. The smallest absolute Gasteiger partial charge is 0.124 e. The minimum absolute atomic E-state index is 0.215. The van der Waals surface area contributed by atoms with Crippen molar-refractivity contribution in [2.45, 2.75) is 58.9 Å². The molecule has 209 valence electrons. The Kier molecular flexibility index (Phi) is 6.27. The molecule has 0 saturated carbocycles. The highest BCUT2D eigenvalue weighted by atomic mass is 15.3. The second-order valence-electron chi connectivity index (χ2n) is 12.8. The normalized spacial score (nSPS) is 14.9. The molecule has 0 fully saturated rings. The van der Waals surface area contributed by atoms with Crippen LogP contribution in [-0.4, -0.2) is 4.57 Å². The van der Waals surface area contributed by atoms with Crippen molar-refractivity contribution in [2.24, 2.45) is 0 Å². The van der Waals surface area contributed by atoms with Gasteiger partial charge in [-0.2, -0.15) is 0 Å². The van der Waals surface area contributed by atoms with E-state index in [1.165, 1.54) is 67.0 Å². The number of rotatable bonds is 5. The zero-order valence-electron chi connectivity index (χ0n) is 25.5. The Morgan fingerprint density at radius 1 is 0.571 bits per heavy atom. The van der Waals surface area contributed by atoms with Gasteiger partial charge in [0.15, 0.2) is 0 Å². The number of hydrogen-bond acceptors (Lipinski definition) is 1. The van der Waals surface area contributed by atoms with Crippen LogP contribution in [0.1, 0.15) is 81.2 Å². The minimum Gasteiger partial charge on any atom is -0.345 e. The summed E-state index contributed by atoms with van der Waals surface area (Å²) < 4.78 is 2.40. The van der Waals surface area contributed by atoms with Crippen LogP contribution in [0, 0.1) is 6.04 Å². The van der Waals surface area contributed by atoms with E-state index in [9.17, 15) is 0 Å². The van der Waals surface area contributed by atoms with Crippen molar-refractivity contribution in [3.05, 3.63) is 149 Å². The summed E-state index contributed by atoms with van der Waals surface area (Å²) in [5.41, 5.74) is 11.6. The van der Waals surface area contributed by atoms with Gasteiger partial charge in [-0.05, 0) is 83.8 Å². The molecule has 1 radical (unpaired) electrons. The summed E-state index contributed by atoms with van der Waals surface area (Å²) in [7, 11) is 0. The maximum atomic E-state index is 2.67. The third-order valence-electron chi connectivity index (χ3n) is 9.15. The lowest BCUT2D eigenvalue weighted by Gasteiger charge is -2.41. The minimum atomic E-state index is -0.215. The highest BCUT2D eigenvalue weighted by Crippen LogP contribution is 2.54. The molecule has 0 N–H and O–H groups in total. The molecule has 1 aliphatic heterocycles. The Balaban J connectivity index is 1.52. The number of hydrogen-bond donors (Lipinski definition) is 0. The zero-order valence-corrected chi connectivity index (χ0v) is 25.5. The molecular formula is C40H39N2. The van der Waals surface area contributed by atoms with Crippen LogP contribution >= 0.6 is 0 Å². The van der Waals surface area contributed by atoms with Gasteiger partial charge in [-0.15, -0.1) is 0 Å².